The van der Waals surface area contributed by atoms with E-state index in [0.717, 1.165) is 29.0 Å². The summed E-state index contributed by atoms with van der Waals surface area (Å²) >= 11 is 0. The highest BCUT2D eigenvalue weighted by atomic mass is 16.5. The predicted octanol–water partition coefficient (Wildman–Crippen LogP) is 1.79. The normalized spacial score (nSPS) is 24.8. The van der Waals surface area contributed by atoms with Gasteiger partial charge in [0.25, 0.3) is 5.88 Å². The van der Waals surface area contributed by atoms with Crippen molar-refractivity contribution in [3.63, 3.8) is 0 Å². The maximum Gasteiger partial charge on any atom is 0.259 e. The number of fused-ring (bicyclic) bond motifs is 3. The lowest BCUT2D eigenvalue weighted by atomic mass is 9.77. The Morgan fingerprint density at radius 2 is 2.23 bits per heavy atom. The van der Waals surface area contributed by atoms with Crippen LogP contribution in [0, 0.1) is 6.92 Å². The number of carbonyl (C=O) groups excluding carboxylic acids is 1. The van der Waals surface area contributed by atoms with Crippen LogP contribution >= 0.6 is 0 Å². The molecule has 0 radical (unpaired) electrons. The van der Waals surface area contributed by atoms with Crippen LogP contribution in [-0.4, -0.2) is 30.8 Å². The third kappa shape index (κ3) is 1.18. The summed E-state index contributed by atoms with van der Waals surface area (Å²) in [6, 6.07) is 5.83. The van der Waals surface area contributed by atoms with E-state index in [1.165, 1.54) is 0 Å². The number of hydrogen-bond donors (Lipinski definition) is 0. The molecule has 1 spiro atoms. The first-order chi connectivity index (χ1) is 10.7. The Labute approximate surface area is 126 Å². The predicted molar refractivity (Wildman–Crippen MR) is 76.4 cm³/mol. The first-order valence-corrected chi connectivity index (χ1v) is 7.41. The van der Waals surface area contributed by atoms with E-state index in [9.17, 15) is 4.79 Å². The van der Waals surface area contributed by atoms with Crippen molar-refractivity contribution in [3.05, 3.63) is 35.1 Å². The van der Waals surface area contributed by atoms with Gasteiger partial charge in [-0.05, 0) is 24.6 Å². The number of nitrogens with zero attached hydrogens (tertiary/aromatic N) is 2. The van der Waals surface area contributed by atoms with E-state index in [0.29, 0.717) is 24.8 Å². The molecule has 0 aliphatic carbocycles. The summed E-state index contributed by atoms with van der Waals surface area (Å²) in [5.41, 5.74) is 1.73. The zero-order chi connectivity index (χ0) is 14.9. The van der Waals surface area contributed by atoms with E-state index in [1.807, 2.05) is 30.0 Å². The summed E-state index contributed by atoms with van der Waals surface area (Å²) in [6.07, 6.45) is 0.812. The minimum atomic E-state index is -0.842. The molecule has 6 nitrogen and oxygen atoms in total. The van der Waals surface area contributed by atoms with Crippen LogP contribution < -0.4 is 14.4 Å². The first kappa shape index (κ1) is 12.1. The van der Waals surface area contributed by atoms with Gasteiger partial charge in [-0.25, -0.2) is 0 Å². The molecule has 0 fully saturated rings. The molecule has 1 amide bonds. The topological polar surface area (TPSA) is 64.8 Å². The number of anilines is 1. The molecule has 4 heterocycles. The van der Waals surface area contributed by atoms with Gasteiger partial charge in [-0.1, -0.05) is 12.1 Å². The molecule has 3 aliphatic heterocycles. The van der Waals surface area contributed by atoms with E-state index < -0.39 is 5.41 Å². The van der Waals surface area contributed by atoms with Gasteiger partial charge in [0.15, 0.2) is 0 Å². The molecular formula is C16H14N2O4. The zero-order valence-corrected chi connectivity index (χ0v) is 12.1. The van der Waals surface area contributed by atoms with Crippen molar-refractivity contribution in [3.8, 4) is 11.6 Å². The second kappa shape index (κ2) is 3.82. The molecule has 112 valence electrons. The minimum absolute atomic E-state index is 0.0329. The Morgan fingerprint density at radius 3 is 3.14 bits per heavy atom. The summed E-state index contributed by atoms with van der Waals surface area (Å²) in [5.74, 6) is 1.87. The van der Waals surface area contributed by atoms with E-state index in [2.05, 4.69) is 5.16 Å². The van der Waals surface area contributed by atoms with Crippen molar-refractivity contribution in [1.29, 1.82) is 0 Å². The smallest absolute Gasteiger partial charge is 0.259 e. The van der Waals surface area contributed by atoms with Crippen LogP contribution in [0.3, 0.4) is 0 Å². The molecule has 5 rings (SSSR count). The van der Waals surface area contributed by atoms with Gasteiger partial charge in [0.2, 0.25) is 5.91 Å². The zero-order valence-electron chi connectivity index (χ0n) is 12.1. The summed E-state index contributed by atoms with van der Waals surface area (Å²) in [4.78, 5) is 15.1. The average molecular weight is 298 g/mol. The summed E-state index contributed by atoms with van der Waals surface area (Å²) < 4.78 is 16.7. The van der Waals surface area contributed by atoms with Crippen molar-refractivity contribution in [2.24, 2.45) is 0 Å². The summed E-state index contributed by atoms with van der Waals surface area (Å²) in [6.45, 7) is 3.38. The quantitative estimate of drug-likeness (QED) is 0.742. The fourth-order valence-electron chi connectivity index (χ4n) is 3.89. The number of amides is 1. The van der Waals surface area contributed by atoms with E-state index in [4.69, 9.17) is 14.0 Å². The third-order valence-corrected chi connectivity index (χ3v) is 4.81. The van der Waals surface area contributed by atoms with Gasteiger partial charge in [0.1, 0.15) is 23.5 Å². The fraction of sp³-hybridized carbons (Fsp3) is 0.375. The molecule has 0 saturated heterocycles. The molecule has 2 aromatic rings. The van der Waals surface area contributed by atoms with E-state index >= 15 is 0 Å². The summed E-state index contributed by atoms with van der Waals surface area (Å²) in [5, 5.41) is 3.93. The van der Waals surface area contributed by atoms with E-state index in [-0.39, 0.29) is 12.5 Å². The Hall–Kier alpha value is -2.50. The SMILES string of the molecule is Cc1onc2c1C1(CO2)C(=O)N2CCCOc3cccc1c32. The lowest BCUT2D eigenvalue weighted by molar-refractivity contribution is -0.122. The molecule has 22 heavy (non-hydrogen) atoms. The Balaban J connectivity index is 1.85. The highest BCUT2D eigenvalue weighted by molar-refractivity contribution is 6.12. The minimum Gasteiger partial charge on any atom is -0.491 e. The Bertz CT molecular complexity index is 812. The highest BCUT2D eigenvalue weighted by Crippen LogP contribution is 2.55. The number of rotatable bonds is 0. The molecule has 6 heteroatoms. The molecule has 0 N–H and O–H groups in total. The van der Waals surface area contributed by atoms with Gasteiger partial charge in [0, 0.05) is 12.1 Å². The maximum atomic E-state index is 13.3. The number of aromatic nitrogens is 1. The van der Waals surface area contributed by atoms with Gasteiger partial charge in [-0.15, -0.1) is 0 Å². The van der Waals surface area contributed by atoms with Crippen molar-refractivity contribution in [2.45, 2.75) is 18.8 Å². The number of aryl methyl sites for hydroxylation is 1. The molecule has 1 aromatic carbocycles. The lowest BCUT2D eigenvalue weighted by Crippen LogP contribution is -2.43. The van der Waals surface area contributed by atoms with Crippen LogP contribution in [0.5, 0.6) is 11.6 Å². The Kier molecular flexibility index (Phi) is 2.10. The largest absolute Gasteiger partial charge is 0.491 e. The number of hydrogen-bond acceptors (Lipinski definition) is 5. The van der Waals surface area contributed by atoms with Crippen LogP contribution in [0.2, 0.25) is 0 Å². The molecule has 1 unspecified atom stereocenters. The highest BCUT2D eigenvalue weighted by Gasteiger charge is 2.60. The summed E-state index contributed by atoms with van der Waals surface area (Å²) in [7, 11) is 0. The first-order valence-electron chi connectivity index (χ1n) is 7.41. The van der Waals surface area contributed by atoms with Crippen LogP contribution in [-0.2, 0) is 10.2 Å². The number of para-hydroxylation sites is 1. The van der Waals surface area contributed by atoms with Crippen LogP contribution in [0.25, 0.3) is 0 Å². The molecule has 0 bridgehead atoms. The Morgan fingerprint density at radius 1 is 1.32 bits per heavy atom. The maximum absolute atomic E-state index is 13.3. The lowest BCUT2D eigenvalue weighted by Gasteiger charge is -2.22. The van der Waals surface area contributed by atoms with Crippen LogP contribution in [0.1, 0.15) is 23.3 Å². The monoisotopic (exact) mass is 298 g/mol. The fourth-order valence-corrected chi connectivity index (χ4v) is 3.89. The second-order valence-corrected chi connectivity index (χ2v) is 5.92. The van der Waals surface area contributed by atoms with E-state index in [1.54, 1.807) is 0 Å². The van der Waals surface area contributed by atoms with Gasteiger partial charge >= 0.3 is 0 Å². The standard InChI is InChI=1S/C16H14N2O4/c1-9-12-14(17-22-9)21-8-16(12)10-4-2-5-11-13(10)18(15(16)19)6-3-7-20-11/h2,4-5H,3,6-8H2,1H3. The second-order valence-electron chi connectivity index (χ2n) is 5.92. The molecule has 1 aromatic heterocycles. The molecule has 1 atom stereocenters. The number of carbonyl (C=O) groups is 1. The van der Waals surface area contributed by atoms with Crippen LogP contribution in [0.15, 0.2) is 22.7 Å². The molecule has 0 saturated carbocycles. The van der Waals surface area contributed by atoms with Gasteiger partial charge in [-0.3, -0.25) is 4.79 Å². The number of benzene rings is 1. The van der Waals surface area contributed by atoms with Gasteiger partial charge in [-0.2, -0.15) is 0 Å². The third-order valence-electron chi connectivity index (χ3n) is 4.81. The average Bonchev–Trinajstić information content (AvgIpc) is 3.08. The number of ether oxygens (including phenoxy) is 2. The van der Waals surface area contributed by atoms with Crippen LogP contribution in [0.4, 0.5) is 5.69 Å². The van der Waals surface area contributed by atoms with Crippen molar-refractivity contribution in [1.82, 2.24) is 5.16 Å². The molecular weight excluding hydrogens is 284 g/mol. The van der Waals surface area contributed by atoms with Gasteiger partial charge in [0.05, 0.1) is 17.9 Å². The molecule has 3 aliphatic rings. The van der Waals surface area contributed by atoms with Gasteiger partial charge < -0.3 is 18.9 Å². The van der Waals surface area contributed by atoms with Crippen molar-refractivity contribution in [2.75, 3.05) is 24.7 Å². The van der Waals surface area contributed by atoms with Crippen molar-refractivity contribution >= 4 is 11.6 Å². The van der Waals surface area contributed by atoms with Crippen molar-refractivity contribution < 1.29 is 18.8 Å².